The van der Waals surface area contributed by atoms with Gasteiger partial charge in [-0.05, 0) is 33.1 Å². The molecule has 0 atom stereocenters. The van der Waals surface area contributed by atoms with Gasteiger partial charge in [0.1, 0.15) is 5.54 Å². The quantitative estimate of drug-likeness (QED) is 0.699. The molecule has 1 saturated carbocycles. The fraction of sp³-hybridized carbons (Fsp3) is 0.545. The molecule has 0 spiro atoms. The molecule has 1 fully saturated rings. The molecule has 2 amide bonds. The summed E-state index contributed by atoms with van der Waals surface area (Å²) >= 11 is 0. The van der Waals surface area contributed by atoms with Gasteiger partial charge in [-0.3, -0.25) is 14.5 Å². The van der Waals surface area contributed by atoms with Gasteiger partial charge in [-0.25, -0.2) is 4.79 Å². The minimum Gasteiger partial charge on any atom is -0.479 e. The zero-order valence-corrected chi connectivity index (χ0v) is 9.24. The van der Waals surface area contributed by atoms with Crippen molar-refractivity contribution in [2.24, 2.45) is 0 Å². The number of carbonyl (C=O) groups excluding carboxylic acids is 2. The second-order valence-corrected chi connectivity index (χ2v) is 4.39. The minimum absolute atomic E-state index is 0.359. The van der Waals surface area contributed by atoms with E-state index in [-0.39, 0.29) is 0 Å². The summed E-state index contributed by atoms with van der Waals surface area (Å²) in [7, 11) is 0. The van der Waals surface area contributed by atoms with E-state index in [0.717, 1.165) is 11.3 Å². The molecule has 0 saturated heterocycles. The van der Waals surface area contributed by atoms with Crippen molar-refractivity contribution in [1.82, 2.24) is 4.90 Å². The fourth-order valence-corrected chi connectivity index (χ4v) is 2.18. The lowest BCUT2D eigenvalue weighted by atomic mass is 9.75. The summed E-state index contributed by atoms with van der Waals surface area (Å²) in [6, 6.07) is 0. The van der Waals surface area contributed by atoms with E-state index in [1.165, 1.54) is 0 Å². The van der Waals surface area contributed by atoms with Crippen LogP contribution in [0, 0.1) is 0 Å². The van der Waals surface area contributed by atoms with Gasteiger partial charge in [0, 0.05) is 11.1 Å². The number of hydrogen-bond acceptors (Lipinski definition) is 3. The molecule has 0 aromatic heterocycles. The number of rotatable bonds is 2. The summed E-state index contributed by atoms with van der Waals surface area (Å²) in [5.74, 6) is -1.99. The number of carboxylic acids is 1. The van der Waals surface area contributed by atoms with E-state index >= 15 is 0 Å². The van der Waals surface area contributed by atoms with Crippen molar-refractivity contribution in [3.63, 3.8) is 0 Å². The van der Waals surface area contributed by atoms with E-state index in [1.54, 1.807) is 13.8 Å². The third-order valence-corrected chi connectivity index (χ3v) is 3.62. The molecule has 1 heterocycles. The van der Waals surface area contributed by atoms with Crippen molar-refractivity contribution >= 4 is 17.8 Å². The van der Waals surface area contributed by atoms with Crippen molar-refractivity contribution < 1.29 is 19.5 Å². The van der Waals surface area contributed by atoms with Gasteiger partial charge in [0.05, 0.1) is 0 Å². The number of imide groups is 1. The summed E-state index contributed by atoms with van der Waals surface area (Å²) in [6.45, 7) is 3.12. The van der Waals surface area contributed by atoms with Crippen LogP contribution < -0.4 is 0 Å². The Morgan fingerprint density at radius 1 is 1.19 bits per heavy atom. The van der Waals surface area contributed by atoms with E-state index < -0.39 is 23.3 Å². The molecule has 2 aliphatic rings. The van der Waals surface area contributed by atoms with Gasteiger partial charge in [-0.2, -0.15) is 0 Å². The average molecular weight is 223 g/mol. The summed E-state index contributed by atoms with van der Waals surface area (Å²) in [4.78, 5) is 35.9. The molecule has 5 heteroatoms. The average Bonchev–Trinajstić information content (AvgIpc) is 2.33. The minimum atomic E-state index is -1.28. The van der Waals surface area contributed by atoms with E-state index in [1.807, 2.05) is 0 Å². The Morgan fingerprint density at radius 3 is 1.88 bits per heavy atom. The Labute approximate surface area is 92.7 Å². The summed E-state index contributed by atoms with van der Waals surface area (Å²) < 4.78 is 0. The first-order chi connectivity index (χ1) is 7.42. The molecule has 0 aromatic rings. The Balaban J connectivity index is 2.41. The van der Waals surface area contributed by atoms with Gasteiger partial charge in [-0.1, -0.05) is 0 Å². The third kappa shape index (κ3) is 1.08. The van der Waals surface area contributed by atoms with Crippen molar-refractivity contribution in [3.8, 4) is 0 Å². The van der Waals surface area contributed by atoms with E-state index in [0.29, 0.717) is 24.0 Å². The predicted molar refractivity (Wildman–Crippen MR) is 54.4 cm³/mol. The molecule has 0 aromatic carbocycles. The van der Waals surface area contributed by atoms with Crippen LogP contribution in [0.2, 0.25) is 0 Å². The van der Waals surface area contributed by atoms with Crippen LogP contribution in [0.15, 0.2) is 11.1 Å². The van der Waals surface area contributed by atoms with Gasteiger partial charge in [0.15, 0.2) is 0 Å². The molecular weight excluding hydrogens is 210 g/mol. The molecule has 1 N–H and O–H groups in total. The van der Waals surface area contributed by atoms with Crippen LogP contribution in [0.3, 0.4) is 0 Å². The number of aliphatic carboxylic acids is 1. The number of amides is 2. The Hall–Kier alpha value is -1.65. The van der Waals surface area contributed by atoms with Gasteiger partial charge in [0.2, 0.25) is 0 Å². The number of hydrogen-bond donors (Lipinski definition) is 1. The SMILES string of the molecule is CC1=C(C)C(=O)N(C2(C(=O)O)CCC2)C1=O. The molecule has 1 aliphatic carbocycles. The van der Waals surface area contributed by atoms with Gasteiger partial charge in [0.25, 0.3) is 11.8 Å². The van der Waals surface area contributed by atoms with Crippen molar-refractivity contribution in [2.45, 2.75) is 38.6 Å². The largest absolute Gasteiger partial charge is 0.479 e. The first kappa shape index (κ1) is 10.9. The predicted octanol–water partition coefficient (Wildman–Crippen LogP) is 0.699. The molecule has 5 nitrogen and oxygen atoms in total. The van der Waals surface area contributed by atoms with Crippen LogP contribution in [-0.4, -0.2) is 33.3 Å². The maximum atomic E-state index is 11.9. The summed E-state index contributed by atoms with van der Waals surface area (Å²) in [5, 5.41) is 9.19. The normalized spacial score (nSPS) is 23.8. The van der Waals surface area contributed by atoms with Crippen LogP contribution in [-0.2, 0) is 14.4 Å². The van der Waals surface area contributed by atoms with Crippen molar-refractivity contribution in [3.05, 3.63) is 11.1 Å². The highest BCUT2D eigenvalue weighted by Crippen LogP contribution is 2.41. The molecule has 0 radical (unpaired) electrons. The zero-order valence-electron chi connectivity index (χ0n) is 9.24. The topological polar surface area (TPSA) is 74.7 Å². The molecule has 16 heavy (non-hydrogen) atoms. The molecule has 0 unspecified atom stereocenters. The Morgan fingerprint density at radius 2 is 1.62 bits per heavy atom. The lowest BCUT2D eigenvalue weighted by Crippen LogP contribution is -2.61. The zero-order chi connectivity index (χ0) is 12.1. The molecule has 86 valence electrons. The standard InChI is InChI=1S/C11H13NO4/c1-6-7(2)9(14)12(8(6)13)11(10(15)16)4-3-5-11/h3-5H2,1-2H3,(H,15,16). The van der Waals surface area contributed by atoms with Crippen LogP contribution in [0.25, 0.3) is 0 Å². The first-order valence-corrected chi connectivity index (χ1v) is 5.21. The maximum absolute atomic E-state index is 11.9. The van der Waals surface area contributed by atoms with Gasteiger partial charge >= 0.3 is 5.97 Å². The van der Waals surface area contributed by atoms with Crippen LogP contribution >= 0.6 is 0 Å². The van der Waals surface area contributed by atoms with Crippen molar-refractivity contribution in [2.75, 3.05) is 0 Å². The fourth-order valence-electron chi connectivity index (χ4n) is 2.18. The van der Waals surface area contributed by atoms with E-state index in [2.05, 4.69) is 0 Å². The summed E-state index contributed by atoms with van der Waals surface area (Å²) in [6.07, 6.45) is 1.46. The highest BCUT2D eigenvalue weighted by atomic mass is 16.4. The Kier molecular flexibility index (Phi) is 2.15. The second kappa shape index (κ2) is 3.17. The number of carboxylic acid groups (broad SMARTS) is 1. The number of carbonyl (C=O) groups is 3. The molecular formula is C11H13NO4. The lowest BCUT2D eigenvalue weighted by Gasteiger charge is -2.43. The van der Waals surface area contributed by atoms with Crippen LogP contribution in [0.4, 0.5) is 0 Å². The van der Waals surface area contributed by atoms with Gasteiger partial charge in [-0.15, -0.1) is 0 Å². The molecule has 1 aliphatic heterocycles. The molecule has 2 rings (SSSR count). The second-order valence-electron chi connectivity index (χ2n) is 4.39. The first-order valence-electron chi connectivity index (χ1n) is 5.21. The highest BCUT2D eigenvalue weighted by Gasteiger charge is 2.56. The van der Waals surface area contributed by atoms with E-state index in [9.17, 15) is 19.5 Å². The monoisotopic (exact) mass is 223 g/mol. The van der Waals surface area contributed by atoms with Crippen molar-refractivity contribution in [1.29, 1.82) is 0 Å². The van der Waals surface area contributed by atoms with Crippen LogP contribution in [0.1, 0.15) is 33.1 Å². The summed E-state index contributed by atoms with van der Waals surface area (Å²) in [5.41, 5.74) is -0.567. The third-order valence-electron chi connectivity index (χ3n) is 3.62. The Bertz CT molecular complexity index is 407. The molecule has 0 bridgehead atoms. The highest BCUT2D eigenvalue weighted by molar-refractivity contribution is 6.21. The smallest absolute Gasteiger partial charge is 0.330 e. The lowest BCUT2D eigenvalue weighted by molar-refractivity contribution is -0.168. The number of nitrogens with zero attached hydrogens (tertiary/aromatic N) is 1. The van der Waals surface area contributed by atoms with Gasteiger partial charge < -0.3 is 5.11 Å². The van der Waals surface area contributed by atoms with Crippen LogP contribution in [0.5, 0.6) is 0 Å². The van der Waals surface area contributed by atoms with E-state index in [4.69, 9.17) is 0 Å². The maximum Gasteiger partial charge on any atom is 0.330 e.